The molecule has 2 heterocycles. The van der Waals surface area contributed by atoms with Gasteiger partial charge < -0.3 is 15.8 Å². The second-order valence-corrected chi connectivity index (χ2v) is 6.67. The number of fused-ring (bicyclic) bond motifs is 3. The molecule has 0 aliphatic heterocycles. The Morgan fingerprint density at radius 3 is 2.58 bits per heavy atom. The molecule has 1 amide bonds. The van der Waals surface area contributed by atoms with Crippen LogP contribution in [0.1, 0.15) is 13.3 Å². The van der Waals surface area contributed by atoms with Gasteiger partial charge in [0.05, 0.1) is 11.1 Å². The molecule has 11 heteroatoms. The molecule has 0 saturated heterocycles. The molecule has 4 aromatic rings. The molecular formula is C20H17F3N6O2. The van der Waals surface area contributed by atoms with Crippen molar-refractivity contribution in [1.29, 1.82) is 0 Å². The second-order valence-electron chi connectivity index (χ2n) is 6.67. The lowest BCUT2D eigenvalue weighted by Gasteiger charge is -2.15. The van der Waals surface area contributed by atoms with E-state index in [1.807, 2.05) is 0 Å². The molecule has 8 nitrogen and oxygen atoms in total. The number of para-hydroxylation sites is 2. The molecule has 0 bridgehead atoms. The van der Waals surface area contributed by atoms with Gasteiger partial charge in [-0.25, -0.2) is 9.97 Å². The monoisotopic (exact) mass is 430 g/mol. The molecule has 1 atom stereocenters. The van der Waals surface area contributed by atoms with Gasteiger partial charge in [0, 0.05) is 5.39 Å². The van der Waals surface area contributed by atoms with E-state index in [1.165, 1.54) is 22.7 Å². The Bertz CT molecular complexity index is 1270. The van der Waals surface area contributed by atoms with Gasteiger partial charge in [0.1, 0.15) is 11.8 Å². The SMILES string of the molecule is CC[C@H](Nc1nc2ccccc2c2nc(-c3ccccc3OC(F)(F)F)nn12)C(N)=O. The van der Waals surface area contributed by atoms with Crippen LogP contribution in [0.3, 0.4) is 0 Å². The summed E-state index contributed by atoms with van der Waals surface area (Å²) in [6.45, 7) is 1.78. The minimum Gasteiger partial charge on any atom is -0.405 e. The molecule has 2 aromatic heterocycles. The number of hydrogen-bond donors (Lipinski definition) is 2. The minimum absolute atomic E-state index is 0.00757. The van der Waals surface area contributed by atoms with Crippen molar-refractivity contribution in [2.75, 3.05) is 5.32 Å². The first kappa shape index (κ1) is 20.4. The molecule has 0 unspecified atom stereocenters. The van der Waals surface area contributed by atoms with Crippen LogP contribution in [0.15, 0.2) is 48.5 Å². The third kappa shape index (κ3) is 4.06. The molecule has 0 fully saturated rings. The molecule has 0 aliphatic rings. The molecule has 31 heavy (non-hydrogen) atoms. The van der Waals surface area contributed by atoms with E-state index in [0.29, 0.717) is 23.0 Å². The third-order valence-electron chi connectivity index (χ3n) is 4.59. The van der Waals surface area contributed by atoms with Crippen LogP contribution in [0.2, 0.25) is 0 Å². The Kier molecular flexibility index (Phi) is 5.09. The van der Waals surface area contributed by atoms with Crippen molar-refractivity contribution in [3.8, 4) is 17.1 Å². The van der Waals surface area contributed by atoms with Crippen LogP contribution in [0.5, 0.6) is 5.75 Å². The summed E-state index contributed by atoms with van der Waals surface area (Å²) in [6, 6.07) is 12.0. The van der Waals surface area contributed by atoms with E-state index >= 15 is 0 Å². The average Bonchev–Trinajstić information content (AvgIpc) is 3.16. The summed E-state index contributed by atoms with van der Waals surface area (Å²) in [4.78, 5) is 20.6. The van der Waals surface area contributed by atoms with Gasteiger partial charge in [-0.2, -0.15) is 4.52 Å². The van der Waals surface area contributed by atoms with E-state index in [0.717, 1.165) is 0 Å². The maximum Gasteiger partial charge on any atom is 0.573 e. The second kappa shape index (κ2) is 7.74. The maximum absolute atomic E-state index is 12.8. The molecule has 0 radical (unpaired) electrons. The fraction of sp³-hybridized carbons (Fsp3) is 0.200. The van der Waals surface area contributed by atoms with Gasteiger partial charge in [-0.15, -0.1) is 18.3 Å². The Morgan fingerprint density at radius 2 is 1.87 bits per heavy atom. The summed E-state index contributed by atoms with van der Waals surface area (Å²) in [5, 5.41) is 7.93. The van der Waals surface area contributed by atoms with Crippen LogP contribution in [-0.4, -0.2) is 37.9 Å². The lowest BCUT2D eigenvalue weighted by Crippen LogP contribution is -2.35. The fourth-order valence-corrected chi connectivity index (χ4v) is 3.16. The summed E-state index contributed by atoms with van der Waals surface area (Å²) < 4.78 is 44.0. The quantitative estimate of drug-likeness (QED) is 0.485. The van der Waals surface area contributed by atoms with Crippen molar-refractivity contribution >= 4 is 28.4 Å². The number of anilines is 1. The van der Waals surface area contributed by atoms with Crippen LogP contribution in [0, 0.1) is 0 Å². The van der Waals surface area contributed by atoms with E-state index in [4.69, 9.17) is 5.73 Å². The topological polar surface area (TPSA) is 107 Å². The standard InChI is InChI=1S/C20H17F3N6O2/c1-2-13(16(24)30)25-19-26-14-9-5-3-7-11(14)18-27-17(28-29(18)19)12-8-4-6-10-15(12)31-20(21,22)23/h3-10,13H,2H2,1H3,(H2,24,30)(H,25,26)/t13-/m0/s1. The van der Waals surface area contributed by atoms with Crippen molar-refractivity contribution in [3.63, 3.8) is 0 Å². The van der Waals surface area contributed by atoms with E-state index in [2.05, 4.69) is 25.1 Å². The number of carbonyl (C=O) groups excluding carboxylic acids is 1. The van der Waals surface area contributed by atoms with Gasteiger partial charge in [-0.1, -0.05) is 31.2 Å². The van der Waals surface area contributed by atoms with E-state index in [-0.39, 0.29) is 17.3 Å². The summed E-state index contributed by atoms with van der Waals surface area (Å²) in [6.07, 6.45) is -4.47. The number of nitrogens with one attached hydrogen (secondary N) is 1. The van der Waals surface area contributed by atoms with Crippen LogP contribution < -0.4 is 15.8 Å². The first-order valence-corrected chi connectivity index (χ1v) is 9.33. The number of benzene rings is 2. The molecule has 4 rings (SSSR count). The first-order chi connectivity index (χ1) is 14.8. The molecule has 0 aliphatic carbocycles. The van der Waals surface area contributed by atoms with Crippen molar-refractivity contribution in [3.05, 3.63) is 48.5 Å². The van der Waals surface area contributed by atoms with E-state index < -0.39 is 24.1 Å². The smallest absolute Gasteiger partial charge is 0.405 e. The zero-order valence-corrected chi connectivity index (χ0v) is 16.2. The summed E-state index contributed by atoms with van der Waals surface area (Å²) in [7, 11) is 0. The third-order valence-corrected chi connectivity index (χ3v) is 4.59. The number of nitrogens with zero attached hydrogens (tertiary/aromatic N) is 4. The number of alkyl halides is 3. The summed E-state index contributed by atoms with van der Waals surface area (Å²) in [5.41, 5.74) is 6.40. The highest BCUT2D eigenvalue weighted by molar-refractivity contribution is 5.93. The van der Waals surface area contributed by atoms with Gasteiger partial charge in [0.2, 0.25) is 11.9 Å². The molecule has 0 spiro atoms. The van der Waals surface area contributed by atoms with E-state index in [1.54, 1.807) is 37.3 Å². The lowest BCUT2D eigenvalue weighted by molar-refractivity contribution is -0.274. The zero-order chi connectivity index (χ0) is 22.2. The van der Waals surface area contributed by atoms with Crippen molar-refractivity contribution < 1.29 is 22.7 Å². The van der Waals surface area contributed by atoms with Crippen LogP contribution >= 0.6 is 0 Å². The van der Waals surface area contributed by atoms with E-state index in [9.17, 15) is 18.0 Å². The van der Waals surface area contributed by atoms with Crippen molar-refractivity contribution in [2.24, 2.45) is 5.73 Å². The number of amides is 1. The lowest BCUT2D eigenvalue weighted by atomic mass is 10.2. The van der Waals surface area contributed by atoms with Gasteiger partial charge in [0.25, 0.3) is 0 Å². The van der Waals surface area contributed by atoms with Crippen molar-refractivity contribution in [1.82, 2.24) is 19.6 Å². The normalized spacial score (nSPS) is 12.8. The molecule has 3 N–H and O–H groups in total. The number of hydrogen-bond acceptors (Lipinski definition) is 6. The van der Waals surface area contributed by atoms with Gasteiger partial charge in [-0.3, -0.25) is 4.79 Å². The summed E-state index contributed by atoms with van der Waals surface area (Å²) in [5.74, 6) is -0.809. The molecule has 2 aromatic carbocycles. The Hall–Kier alpha value is -3.89. The summed E-state index contributed by atoms with van der Waals surface area (Å²) >= 11 is 0. The Morgan fingerprint density at radius 1 is 1.16 bits per heavy atom. The fourth-order valence-electron chi connectivity index (χ4n) is 3.16. The number of ether oxygens (including phenoxy) is 1. The number of nitrogens with two attached hydrogens (primary N) is 1. The van der Waals surface area contributed by atoms with Crippen LogP contribution in [-0.2, 0) is 4.79 Å². The van der Waals surface area contributed by atoms with Crippen LogP contribution in [0.25, 0.3) is 27.9 Å². The molecule has 160 valence electrons. The van der Waals surface area contributed by atoms with Gasteiger partial charge >= 0.3 is 6.36 Å². The highest BCUT2D eigenvalue weighted by atomic mass is 19.4. The number of rotatable bonds is 6. The molecule has 0 saturated carbocycles. The maximum atomic E-state index is 12.8. The van der Waals surface area contributed by atoms with Crippen LogP contribution in [0.4, 0.5) is 19.1 Å². The molecular weight excluding hydrogens is 413 g/mol. The van der Waals surface area contributed by atoms with Gasteiger partial charge in [-0.05, 0) is 30.7 Å². The number of carbonyl (C=O) groups is 1. The number of aromatic nitrogens is 4. The number of primary amides is 1. The largest absolute Gasteiger partial charge is 0.573 e. The predicted octanol–water partition coefficient (Wildman–Crippen LogP) is 3.52. The average molecular weight is 430 g/mol. The van der Waals surface area contributed by atoms with Gasteiger partial charge in [0.15, 0.2) is 11.5 Å². The zero-order valence-electron chi connectivity index (χ0n) is 16.2. The highest BCUT2D eigenvalue weighted by Gasteiger charge is 2.32. The Labute approximate surface area is 173 Å². The first-order valence-electron chi connectivity index (χ1n) is 9.33. The predicted molar refractivity (Wildman–Crippen MR) is 107 cm³/mol. The highest BCUT2D eigenvalue weighted by Crippen LogP contribution is 2.33. The Balaban J connectivity index is 1.92. The van der Waals surface area contributed by atoms with Crippen molar-refractivity contribution in [2.45, 2.75) is 25.7 Å². The number of halogens is 3. The minimum atomic E-state index is -4.87.